The largest absolute Gasteiger partial charge is 0.376 e. The Morgan fingerprint density at radius 2 is 2.64 bits per heavy atom. The topological polar surface area (TPSA) is 30.5 Å². The molecule has 0 spiro atoms. The molecule has 3 heteroatoms. The van der Waals surface area contributed by atoms with E-state index < -0.39 is 0 Å². The van der Waals surface area contributed by atoms with E-state index in [2.05, 4.69) is 11.9 Å². The van der Waals surface area contributed by atoms with Crippen molar-refractivity contribution >= 4 is 0 Å². The van der Waals surface area contributed by atoms with E-state index in [0.717, 1.165) is 0 Å². The Labute approximate surface area is 67.4 Å². The normalized spacial score (nSPS) is 30.6. The fourth-order valence-corrected chi connectivity index (χ4v) is 1.04. The first-order valence-electron chi connectivity index (χ1n) is 3.88. The van der Waals surface area contributed by atoms with Crippen molar-refractivity contribution in [2.45, 2.75) is 19.1 Å². The Hall–Kier alpha value is -0.380. The quantitative estimate of drug-likeness (QED) is 0.477. The van der Waals surface area contributed by atoms with Crippen LogP contribution in [0.15, 0.2) is 12.7 Å². The zero-order chi connectivity index (χ0) is 8.10. The van der Waals surface area contributed by atoms with Crippen molar-refractivity contribution in [2.24, 2.45) is 0 Å². The number of hydrogen-bond donors (Lipinski definition) is 1. The maximum Gasteiger partial charge on any atom is 0.0973 e. The summed E-state index contributed by atoms with van der Waals surface area (Å²) < 4.78 is 10.6. The minimum atomic E-state index is 0.264. The lowest BCUT2D eigenvalue weighted by atomic mass is 10.2. The van der Waals surface area contributed by atoms with Gasteiger partial charge >= 0.3 is 0 Å². The molecule has 0 bridgehead atoms. The molecular formula is C8H15NO2. The van der Waals surface area contributed by atoms with E-state index in [4.69, 9.17) is 9.47 Å². The maximum atomic E-state index is 5.28. The van der Waals surface area contributed by atoms with Crippen LogP contribution in [0.1, 0.15) is 6.92 Å². The highest BCUT2D eigenvalue weighted by Crippen LogP contribution is 2.05. The summed E-state index contributed by atoms with van der Waals surface area (Å²) in [7, 11) is 0. The molecule has 1 N–H and O–H groups in total. The first kappa shape index (κ1) is 8.71. The van der Waals surface area contributed by atoms with E-state index in [1.54, 1.807) is 6.08 Å². The van der Waals surface area contributed by atoms with Gasteiger partial charge in [-0.3, -0.25) is 5.32 Å². The van der Waals surface area contributed by atoms with E-state index in [9.17, 15) is 0 Å². The second kappa shape index (κ2) is 4.49. The van der Waals surface area contributed by atoms with Gasteiger partial charge in [-0.25, -0.2) is 0 Å². The van der Waals surface area contributed by atoms with E-state index in [-0.39, 0.29) is 6.10 Å². The van der Waals surface area contributed by atoms with Crippen molar-refractivity contribution in [1.82, 2.24) is 5.32 Å². The fraction of sp³-hybridized carbons (Fsp3) is 0.750. The molecule has 1 fully saturated rings. The number of ether oxygens (including phenoxy) is 2. The molecule has 1 saturated heterocycles. The molecule has 1 aliphatic heterocycles. The standard InChI is InChI=1S/C8H15NO2/c1-3-4-10-5-8-7(2)11-6-9-8/h3,7-9H,1,4-6H2,2H3/t7-,8-/m0/s1. The molecule has 1 heterocycles. The van der Waals surface area contributed by atoms with Gasteiger partial charge in [0, 0.05) is 0 Å². The van der Waals surface area contributed by atoms with Crippen LogP contribution >= 0.6 is 0 Å². The van der Waals surface area contributed by atoms with E-state index in [0.29, 0.717) is 26.0 Å². The lowest BCUT2D eigenvalue weighted by Crippen LogP contribution is -2.33. The van der Waals surface area contributed by atoms with Crippen molar-refractivity contribution in [3.8, 4) is 0 Å². The molecule has 1 aliphatic rings. The monoisotopic (exact) mass is 157 g/mol. The molecule has 2 atom stereocenters. The van der Waals surface area contributed by atoms with Crippen LogP contribution in [0.25, 0.3) is 0 Å². The Kier molecular flexibility index (Phi) is 3.56. The maximum absolute atomic E-state index is 5.28. The van der Waals surface area contributed by atoms with Gasteiger partial charge in [0.25, 0.3) is 0 Å². The SMILES string of the molecule is C=CCOC[C@@H]1NCO[C@H]1C. The molecule has 0 unspecified atom stereocenters. The van der Waals surface area contributed by atoms with E-state index in [1.165, 1.54) is 0 Å². The van der Waals surface area contributed by atoms with Crippen molar-refractivity contribution in [2.75, 3.05) is 19.9 Å². The van der Waals surface area contributed by atoms with Crippen molar-refractivity contribution in [1.29, 1.82) is 0 Å². The Morgan fingerprint density at radius 3 is 3.18 bits per heavy atom. The summed E-state index contributed by atoms with van der Waals surface area (Å²) in [6.45, 7) is 7.57. The van der Waals surface area contributed by atoms with Gasteiger partial charge in [-0.1, -0.05) is 6.08 Å². The van der Waals surface area contributed by atoms with Crippen LogP contribution in [0.2, 0.25) is 0 Å². The number of rotatable bonds is 4. The smallest absolute Gasteiger partial charge is 0.0973 e. The zero-order valence-electron chi connectivity index (χ0n) is 6.88. The summed E-state index contributed by atoms with van der Waals surface area (Å²) in [5.74, 6) is 0. The summed E-state index contributed by atoms with van der Waals surface area (Å²) in [5, 5.41) is 3.18. The summed E-state index contributed by atoms with van der Waals surface area (Å²) in [6, 6.07) is 0.343. The fourth-order valence-electron chi connectivity index (χ4n) is 1.04. The second-order valence-corrected chi connectivity index (χ2v) is 2.65. The predicted molar refractivity (Wildman–Crippen MR) is 43.4 cm³/mol. The molecule has 0 aliphatic carbocycles. The van der Waals surface area contributed by atoms with Gasteiger partial charge in [0.15, 0.2) is 0 Å². The van der Waals surface area contributed by atoms with Crippen molar-refractivity contribution < 1.29 is 9.47 Å². The molecule has 1 rings (SSSR count). The van der Waals surface area contributed by atoms with Crippen LogP contribution in [0, 0.1) is 0 Å². The van der Waals surface area contributed by atoms with E-state index >= 15 is 0 Å². The zero-order valence-corrected chi connectivity index (χ0v) is 6.88. The number of nitrogens with one attached hydrogen (secondary N) is 1. The summed E-state index contributed by atoms with van der Waals surface area (Å²) in [4.78, 5) is 0. The summed E-state index contributed by atoms with van der Waals surface area (Å²) >= 11 is 0. The average molecular weight is 157 g/mol. The number of hydrogen-bond acceptors (Lipinski definition) is 3. The molecule has 0 saturated carbocycles. The summed E-state index contributed by atoms with van der Waals surface area (Å²) in [6.07, 6.45) is 2.01. The van der Waals surface area contributed by atoms with Crippen molar-refractivity contribution in [3.05, 3.63) is 12.7 Å². The molecule has 0 aromatic heterocycles. The van der Waals surface area contributed by atoms with E-state index in [1.807, 2.05) is 6.92 Å². The first-order valence-corrected chi connectivity index (χ1v) is 3.88. The van der Waals surface area contributed by atoms with Gasteiger partial charge in [-0.15, -0.1) is 6.58 Å². The highest BCUT2D eigenvalue weighted by Gasteiger charge is 2.22. The second-order valence-electron chi connectivity index (χ2n) is 2.65. The van der Waals surface area contributed by atoms with Crippen molar-refractivity contribution in [3.63, 3.8) is 0 Å². The highest BCUT2D eigenvalue weighted by atomic mass is 16.5. The minimum Gasteiger partial charge on any atom is -0.376 e. The highest BCUT2D eigenvalue weighted by molar-refractivity contribution is 4.77. The molecule has 0 amide bonds. The molecule has 0 aromatic rings. The molecule has 0 radical (unpaired) electrons. The Morgan fingerprint density at radius 1 is 1.82 bits per heavy atom. The molecule has 3 nitrogen and oxygen atoms in total. The van der Waals surface area contributed by atoms with Crippen LogP contribution in [-0.4, -0.2) is 32.1 Å². The Balaban J connectivity index is 2.10. The molecule has 64 valence electrons. The molecule has 11 heavy (non-hydrogen) atoms. The van der Waals surface area contributed by atoms with Gasteiger partial charge < -0.3 is 9.47 Å². The third-order valence-electron chi connectivity index (χ3n) is 1.79. The van der Waals surface area contributed by atoms with Gasteiger partial charge in [-0.05, 0) is 6.92 Å². The molecular weight excluding hydrogens is 142 g/mol. The van der Waals surface area contributed by atoms with Crippen LogP contribution in [-0.2, 0) is 9.47 Å². The predicted octanol–water partition coefficient (Wildman–Crippen LogP) is 0.523. The van der Waals surface area contributed by atoms with Gasteiger partial charge in [0.2, 0.25) is 0 Å². The van der Waals surface area contributed by atoms with Gasteiger partial charge in [0.05, 0.1) is 32.1 Å². The Bertz CT molecular complexity index is 127. The van der Waals surface area contributed by atoms with Crippen LogP contribution in [0.4, 0.5) is 0 Å². The third kappa shape index (κ3) is 2.61. The third-order valence-corrected chi connectivity index (χ3v) is 1.79. The average Bonchev–Trinajstić information content (AvgIpc) is 2.37. The minimum absolute atomic E-state index is 0.264. The first-order chi connectivity index (χ1) is 5.34. The van der Waals surface area contributed by atoms with Crippen LogP contribution < -0.4 is 5.32 Å². The van der Waals surface area contributed by atoms with Crippen LogP contribution in [0.5, 0.6) is 0 Å². The van der Waals surface area contributed by atoms with Crippen LogP contribution in [0.3, 0.4) is 0 Å². The van der Waals surface area contributed by atoms with Gasteiger partial charge in [-0.2, -0.15) is 0 Å². The molecule has 0 aromatic carbocycles. The lowest BCUT2D eigenvalue weighted by molar-refractivity contribution is 0.0854. The lowest BCUT2D eigenvalue weighted by Gasteiger charge is -2.12. The summed E-state index contributed by atoms with van der Waals surface area (Å²) in [5.41, 5.74) is 0. The van der Waals surface area contributed by atoms with Gasteiger partial charge in [0.1, 0.15) is 0 Å².